The summed E-state index contributed by atoms with van der Waals surface area (Å²) in [6, 6.07) is 1.19. The summed E-state index contributed by atoms with van der Waals surface area (Å²) in [5.41, 5.74) is 0. The molecule has 2 bridgehead atoms. The second-order valence-corrected chi connectivity index (χ2v) is 52.4. The molecule has 2 rings (SSSR count). The van der Waals surface area contributed by atoms with Crippen LogP contribution in [-0.2, 0) is 32.9 Å². The van der Waals surface area contributed by atoms with Crippen LogP contribution >= 0.6 is 0 Å². The fraction of sp³-hybridized carbons (Fsp3) is 0.929. The van der Waals surface area contributed by atoms with Gasteiger partial charge in [0.1, 0.15) is 0 Å². The zero-order valence-electron chi connectivity index (χ0n) is 32.5. The van der Waals surface area contributed by atoms with Crippen molar-refractivity contribution in [2.75, 3.05) is 0 Å². The van der Waals surface area contributed by atoms with Gasteiger partial charge in [0.25, 0.3) is 0 Å². The van der Waals surface area contributed by atoms with Crippen molar-refractivity contribution in [3.8, 4) is 0 Å². The zero-order chi connectivity index (χ0) is 35.1. The van der Waals surface area contributed by atoms with E-state index in [9.17, 15) is 0 Å². The second kappa shape index (κ2) is 14.5. The van der Waals surface area contributed by atoms with Crippen molar-refractivity contribution in [1.82, 2.24) is 0 Å². The van der Waals surface area contributed by atoms with Crippen molar-refractivity contribution in [2.24, 2.45) is 17.8 Å². The lowest BCUT2D eigenvalue weighted by Gasteiger charge is -2.44. The summed E-state index contributed by atoms with van der Waals surface area (Å²) in [7, 11) is -21.3. The number of hydrogen-bond donors (Lipinski definition) is 0. The second-order valence-electron chi connectivity index (χ2n) is 18.1. The summed E-state index contributed by atoms with van der Waals surface area (Å²) in [4.78, 5) is 0. The minimum atomic E-state index is -2.62. The standard InChI is InChI=1S/C28H70O8Si9/c1-37(2,3)29-39(6,7)31-41(10,11)33-43(14,15)35-45(18,19)36-44(16,17)34-42(12,13)32-40(8,9)30-38(4,5)23-22-28-25-26-20-21-27(28)24-26/h20-21,26-28H,22-25H2,1-19H3. The predicted octanol–water partition coefficient (Wildman–Crippen LogP) is 9.67. The molecule has 0 saturated heterocycles. The van der Waals surface area contributed by atoms with E-state index in [4.69, 9.17) is 32.9 Å². The molecule has 8 nitrogen and oxygen atoms in total. The summed E-state index contributed by atoms with van der Waals surface area (Å²) in [6.07, 6.45) is 8.91. The molecular weight excluding hydrogens is 717 g/mol. The van der Waals surface area contributed by atoms with E-state index in [1.165, 1.54) is 25.3 Å². The summed E-state index contributed by atoms with van der Waals surface area (Å²) >= 11 is 0. The first-order valence-electron chi connectivity index (χ1n) is 17.0. The Morgan fingerprint density at radius 3 is 1.04 bits per heavy atom. The number of allylic oxidation sites excluding steroid dienone is 2. The quantitative estimate of drug-likeness (QED) is 0.0948. The van der Waals surface area contributed by atoms with Crippen LogP contribution < -0.4 is 0 Å². The van der Waals surface area contributed by atoms with Gasteiger partial charge in [-0.15, -0.1) is 0 Å². The molecule has 0 amide bonds. The molecule has 17 heteroatoms. The van der Waals surface area contributed by atoms with E-state index in [0.29, 0.717) is 0 Å². The molecule has 2 aliphatic carbocycles. The van der Waals surface area contributed by atoms with Gasteiger partial charge < -0.3 is 32.9 Å². The van der Waals surface area contributed by atoms with Crippen LogP contribution in [0.2, 0.25) is 130 Å². The van der Waals surface area contributed by atoms with Crippen molar-refractivity contribution in [3.63, 3.8) is 0 Å². The normalized spacial score (nSPS) is 22.5. The largest absolute Gasteiger partial charge is 0.437 e. The third-order valence-electron chi connectivity index (χ3n) is 7.56. The maximum atomic E-state index is 6.92. The zero-order valence-corrected chi connectivity index (χ0v) is 41.5. The van der Waals surface area contributed by atoms with E-state index in [0.717, 1.165) is 17.8 Å². The minimum Gasteiger partial charge on any atom is -0.437 e. The molecule has 45 heavy (non-hydrogen) atoms. The topological polar surface area (TPSA) is 73.8 Å². The Kier molecular flexibility index (Phi) is 13.7. The smallest absolute Gasteiger partial charge is 0.314 e. The average molecular weight is 788 g/mol. The fourth-order valence-corrected chi connectivity index (χ4v) is 52.8. The van der Waals surface area contributed by atoms with Crippen molar-refractivity contribution in [2.45, 2.75) is 150 Å². The van der Waals surface area contributed by atoms with Gasteiger partial charge in [-0.25, -0.2) is 0 Å². The Balaban J connectivity index is 1.95. The van der Waals surface area contributed by atoms with Crippen LogP contribution in [0.1, 0.15) is 19.3 Å². The molecule has 0 heterocycles. The molecule has 3 atom stereocenters. The van der Waals surface area contributed by atoms with E-state index in [1.807, 2.05) is 0 Å². The van der Waals surface area contributed by atoms with Crippen molar-refractivity contribution in [1.29, 1.82) is 0 Å². The highest BCUT2D eigenvalue weighted by molar-refractivity contribution is 6.92. The van der Waals surface area contributed by atoms with Crippen LogP contribution in [0.4, 0.5) is 0 Å². The summed E-state index contributed by atoms with van der Waals surface area (Å²) in [6.45, 7) is 41.0. The van der Waals surface area contributed by atoms with E-state index in [1.54, 1.807) is 0 Å². The first-order valence-corrected chi connectivity index (χ1v) is 43.2. The third kappa shape index (κ3) is 16.3. The molecule has 2 aliphatic rings. The highest BCUT2D eigenvalue weighted by Crippen LogP contribution is 2.46. The van der Waals surface area contributed by atoms with E-state index < -0.39 is 76.6 Å². The maximum absolute atomic E-state index is 6.92. The van der Waals surface area contributed by atoms with Gasteiger partial charge in [-0.05, 0) is 161 Å². The Morgan fingerprint density at radius 1 is 0.422 bits per heavy atom. The predicted molar refractivity (Wildman–Crippen MR) is 210 cm³/mol. The lowest BCUT2D eigenvalue weighted by atomic mass is 9.91. The number of rotatable bonds is 19. The Bertz CT molecular complexity index is 1030. The maximum Gasteiger partial charge on any atom is 0.314 e. The summed E-state index contributed by atoms with van der Waals surface area (Å²) in [5.74, 6) is 2.47. The first-order chi connectivity index (χ1) is 19.7. The summed E-state index contributed by atoms with van der Waals surface area (Å²) in [5, 5.41) is 0. The van der Waals surface area contributed by atoms with Gasteiger partial charge in [-0.3, -0.25) is 0 Å². The molecule has 0 aromatic carbocycles. The van der Waals surface area contributed by atoms with Crippen LogP contribution in [0.5, 0.6) is 0 Å². The fourth-order valence-electron chi connectivity index (χ4n) is 7.91. The summed E-state index contributed by atoms with van der Waals surface area (Å²) < 4.78 is 53.9. The lowest BCUT2D eigenvalue weighted by Crippen LogP contribution is -2.62. The molecule has 1 saturated carbocycles. The van der Waals surface area contributed by atoms with Gasteiger partial charge in [0.15, 0.2) is 16.6 Å². The molecule has 0 aromatic rings. The van der Waals surface area contributed by atoms with Crippen LogP contribution in [0, 0.1) is 17.8 Å². The van der Waals surface area contributed by atoms with Crippen molar-refractivity contribution < 1.29 is 32.9 Å². The Hall–Kier alpha value is 1.37. The van der Waals surface area contributed by atoms with Crippen LogP contribution in [0.25, 0.3) is 0 Å². The molecule has 0 spiro atoms. The monoisotopic (exact) mass is 786 g/mol. The van der Waals surface area contributed by atoms with E-state index in [2.05, 4.69) is 137 Å². The van der Waals surface area contributed by atoms with Crippen LogP contribution in [0.15, 0.2) is 12.2 Å². The van der Waals surface area contributed by atoms with Gasteiger partial charge in [0.05, 0.1) is 0 Å². The molecule has 3 unspecified atom stereocenters. The molecule has 0 aromatic heterocycles. The molecule has 266 valence electrons. The first kappa shape index (κ1) is 42.5. The molecule has 1 fully saturated rings. The number of fused-ring (bicyclic) bond motifs is 2. The van der Waals surface area contributed by atoms with Gasteiger partial charge in [-0.2, -0.15) is 0 Å². The molecule has 0 N–H and O–H groups in total. The SMILES string of the molecule is C[Si](C)(C)O[Si](C)(C)O[Si](C)(C)O[Si](C)(C)O[Si](C)(C)O[Si](C)(C)O[Si](C)(C)O[Si](C)(C)O[Si](C)(C)CCC1CC2C=CC1C2. The molecule has 0 radical (unpaired) electrons. The van der Waals surface area contributed by atoms with E-state index in [-0.39, 0.29) is 0 Å². The lowest BCUT2D eigenvalue weighted by molar-refractivity contribution is 0.260. The Labute approximate surface area is 287 Å². The van der Waals surface area contributed by atoms with Crippen LogP contribution in [-0.4, -0.2) is 76.6 Å². The Morgan fingerprint density at radius 2 is 0.756 bits per heavy atom. The minimum absolute atomic E-state index is 0.801. The number of hydrogen-bond acceptors (Lipinski definition) is 8. The highest BCUT2D eigenvalue weighted by atomic mass is 28.5. The molecular formula is C28H70O8Si9. The average Bonchev–Trinajstić information content (AvgIpc) is 3.26. The molecule has 0 aliphatic heterocycles. The van der Waals surface area contributed by atoms with E-state index >= 15 is 0 Å². The van der Waals surface area contributed by atoms with Crippen LogP contribution in [0.3, 0.4) is 0 Å². The van der Waals surface area contributed by atoms with Crippen molar-refractivity contribution >= 4 is 76.6 Å². The van der Waals surface area contributed by atoms with Crippen molar-refractivity contribution in [3.05, 3.63) is 12.2 Å². The van der Waals surface area contributed by atoms with Gasteiger partial charge in [0, 0.05) is 0 Å². The van der Waals surface area contributed by atoms with Gasteiger partial charge in [0.2, 0.25) is 0 Å². The third-order valence-corrected chi connectivity index (χ3v) is 41.2. The van der Waals surface area contributed by atoms with Gasteiger partial charge in [-0.1, -0.05) is 18.6 Å². The highest BCUT2D eigenvalue weighted by Gasteiger charge is 2.50. The van der Waals surface area contributed by atoms with Gasteiger partial charge >= 0.3 is 59.9 Å².